The van der Waals surface area contributed by atoms with Crippen molar-refractivity contribution in [2.24, 2.45) is 11.7 Å². The van der Waals surface area contributed by atoms with E-state index < -0.39 is 6.04 Å². The Labute approximate surface area is 92.1 Å². The minimum Gasteiger partial charge on any atom is -0.462 e. The van der Waals surface area contributed by atoms with Crippen molar-refractivity contribution in [3.8, 4) is 0 Å². The number of ether oxygens (including phenoxy) is 2. The number of carbonyl (C=O) groups is 1. The molecular formula is C11H23NO3. The van der Waals surface area contributed by atoms with Gasteiger partial charge in [0.05, 0.1) is 6.61 Å². The van der Waals surface area contributed by atoms with Gasteiger partial charge < -0.3 is 15.2 Å². The molecule has 0 aliphatic heterocycles. The molecule has 0 aromatic rings. The minimum absolute atomic E-state index is 0.161. The summed E-state index contributed by atoms with van der Waals surface area (Å²) in [6.45, 7) is 7.43. The number of hydrogen-bond acceptors (Lipinski definition) is 4. The molecule has 0 aromatic heterocycles. The number of carbonyl (C=O) groups excluding carboxylic acids is 1. The van der Waals surface area contributed by atoms with Gasteiger partial charge in [0.2, 0.25) is 0 Å². The van der Waals surface area contributed by atoms with Gasteiger partial charge in [-0.15, -0.1) is 0 Å². The number of rotatable bonds is 8. The molecule has 0 fully saturated rings. The van der Waals surface area contributed by atoms with Crippen molar-refractivity contribution >= 4 is 5.97 Å². The lowest BCUT2D eigenvalue weighted by Crippen LogP contribution is -2.38. The van der Waals surface area contributed by atoms with E-state index in [1.54, 1.807) is 0 Å². The third-order valence-corrected chi connectivity index (χ3v) is 2.35. The summed E-state index contributed by atoms with van der Waals surface area (Å²) in [4.78, 5) is 11.4. The van der Waals surface area contributed by atoms with E-state index >= 15 is 0 Å². The second-order valence-electron chi connectivity index (χ2n) is 3.69. The summed E-state index contributed by atoms with van der Waals surface area (Å²) in [7, 11) is 0. The Kier molecular flexibility index (Phi) is 8.33. The van der Waals surface area contributed by atoms with Gasteiger partial charge in [0.15, 0.2) is 0 Å². The predicted molar refractivity (Wildman–Crippen MR) is 59.5 cm³/mol. The fourth-order valence-corrected chi connectivity index (χ4v) is 1.03. The molecule has 0 bridgehead atoms. The fourth-order valence-electron chi connectivity index (χ4n) is 1.03. The van der Waals surface area contributed by atoms with Crippen molar-refractivity contribution in [1.29, 1.82) is 0 Å². The monoisotopic (exact) mass is 217 g/mol. The van der Waals surface area contributed by atoms with Crippen LogP contribution in [0.5, 0.6) is 0 Å². The van der Waals surface area contributed by atoms with Gasteiger partial charge in [-0.2, -0.15) is 0 Å². The fraction of sp³-hybridized carbons (Fsp3) is 0.909. The van der Waals surface area contributed by atoms with Crippen LogP contribution >= 0.6 is 0 Å². The Morgan fingerprint density at radius 1 is 1.27 bits per heavy atom. The van der Waals surface area contributed by atoms with Gasteiger partial charge in [-0.25, -0.2) is 0 Å². The highest BCUT2D eigenvalue weighted by atomic mass is 16.6. The maximum atomic E-state index is 11.4. The van der Waals surface area contributed by atoms with E-state index in [4.69, 9.17) is 15.2 Å². The number of nitrogens with two attached hydrogens (primary N) is 1. The van der Waals surface area contributed by atoms with Gasteiger partial charge in [-0.3, -0.25) is 4.79 Å². The molecule has 90 valence electrons. The molecule has 4 nitrogen and oxygen atoms in total. The first kappa shape index (κ1) is 14.4. The lowest BCUT2D eigenvalue weighted by Gasteiger charge is -2.16. The molecule has 0 rings (SSSR count). The molecule has 0 radical (unpaired) electrons. The summed E-state index contributed by atoms with van der Waals surface area (Å²) in [5, 5.41) is 0. The Morgan fingerprint density at radius 3 is 2.47 bits per heavy atom. The molecule has 2 atom stereocenters. The molecule has 0 heterocycles. The lowest BCUT2D eigenvalue weighted by molar-refractivity contribution is -0.148. The highest BCUT2D eigenvalue weighted by Crippen LogP contribution is 2.06. The number of hydrogen-bond donors (Lipinski definition) is 1. The van der Waals surface area contributed by atoms with Crippen LogP contribution in [0.1, 0.15) is 33.6 Å². The topological polar surface area (TPSA) is 61.5 Å². The highest BCUT2D eigenvalue weighted by Gasteiger charge is 2.20. The summed E-state index contributed by atoms with van der Waals surface area (Å²) in [5.74, 6) is -0.168. The molecule has 4 heteroatoms. The highest BCUT2D eigenvalue weighted by molar-refractivity contribution is 5.75. The SMILES string of the molecule is CCCOCCOC(=O)[C@@H](N)[C@@H](C)CC. The second-order valence-corrected chi connectivity index (χ2v) is 3.69. The van der Waals surface area contributed by atoms with E-state index in [1.165, 1.54) is 0 Å². The van der Waals surface area contributed by atoms with Gasteiger partial charge in [0.1, 0.15) is 12.6 Å². The summed E-state index contributed by atoms with van der Waals surface area (Å²) in [5.41, 5.74) is 5.70. The van der Waals surface area contributed by atoms with Crippen molar-refractivity contribution in [2.45, 2.75) is 39.7 Å². The van der Waals surface area contributed by atoms with Crippen molar-refractivity contribution in [3.05, 3.63) is 0 Å². The molecular weight excluding hydrogens is 194 g/mol. The third kappa shape index (κ3) is 6.47. The first-order chi connectivity index (χ1) is 7.13. The molecule has 0 saturated carbocycles. The van der Waals surface area contributed by atoms with Crippen molar-refractivity contribution in [1.82, 2.24) is 0 Å². The van der Waals surface area contributed by atoms with E-state index in [1.807, 2.05) is 20.8 Å². The van der Waals surface area contributed by atoms with Crippen molar-refractivity contribution < 1.29 is 14.3 Å². The summed E-state index contributed by atoms with van der Waals surface area (Å²) in [6.07, 6.45) is 1.85. The Balaban J connectivity index is 3.56. The van der Waals surface area contributed by atoms with E-state index in [2.05, 4.69) is 0 Å². The van der Waals surface area contributed by atoms with Crippen molar-refractivity contribution in [2.75, 3.05) is 19.8 Å². The molecule has 0 amide bonds. The maximum Gasteiger partial charge on any atom is 0.323 e. The van der Waals surface area contributed by atoms with Crippen LogP contribution in [0, 0.1) is 5.92 Å². The lowest BCUT2D eigenvalue weighted by atomic mass is 10.0. The largest absolute Gasteiger partial charge is 0.462 e. The Bertz CT molecular complexity index is 173. The Morgan fingerprint density at radius 2 is 1.93 bits per heavy atom. The molecule has 0 unspecified atom stereocenters. The van der Waals surface area contributed by atoms with Crippen LogP contribution in [0.15, 0.2) is 0 Å². The molecule has 0 spiro atoms. The molecule has 0 saturated heterocycles. The van der Waals surface area contributed by atoms with Crippen LogP contribution < -0.4 is 5.73 Å². The summed E-state index contributed by atoms with van der Waals surface area (Å²) in [6, 6.07) is -0.513. The first-order valence-electron chi connectivity index (χ1n) is 5.63. The van der Waals surface area contributed by atoms with Crippen molar-refractivity contribution in [3.63, 3.8) is 0 Å². The molecule has 2 N–H and O–H groups in total. The van der Waals surface area contributed by atoms with Crippen LogP contribution in [-0.2, 0) is 14.3 Å². The standard InChI is InChI=1S/C11H23NO3/c1-4-6-14-7-8-15-11(13)10(12)9(3)5-2/h9-10H,4-8,12H2,1-3H3/t9-,10-/m0/s1. The summed E-state index contributed by atoms with van der Waals surface area (Å²) >= 11 is 0. The van der Waals surface area contributed by atoms with Gasteiger partial charge in [0.25, 0.3) is 0 Å². The van der Waals surface area contributed by atoms with Crippen LogP contribution in [0.2, 0.25) is 0 Å². The van der Waals surface area contributed by atoms with Gasteiger partial charge >= 0.3 is 5.97 Å². The second kappa shape index (κ2) is 8.68. The van der Waals surface area contributed by atoms with Crippen LogP contribution in [0.4, 0.5) is 0 Å². The third-order valence-electron chi connectivity index (χ3n) is 2.35. The maximum absolute atomic E-state index is 11.4. The van der Waals surface area contributed by atoms with Gasteiger partial charge in [-0.05, 0) is 12.3 Å². The Hall–Kier alpha value is -0.610. The smallest absolute Gasteiger partial charge is 0.323 e. The van der Waals surface area contributed by atoms with Gasteiger partial charge in [-0.1, -0.05) is 27.2 Å². The quantitative estimate of drug-likeness (QED) is 0.492. The van der Waals surface area contributed by atoms with Crippen LogP contribution in [-0.4, -0.2) is 31.8 Å². The van der Waals surface area contributed by atoms with E-state index in [-0.39, 0.29) is 11.9 Å². The normalized spacial score (nSPS) is 14.7. The molecule has 0 aromatic carbocycles. The predicted octanol–water partition coefficient (Wildman–Crippen LogP) is 1.33. The zero-order chi connectivity index (χ0) is 11.7. The average molecular weight is 217 g/mol. The first-order valence-corrected chi connectivity index (χ1v) is 5.63. The molecule has 15 heavy (non-hydrogen) atoms. The molecule has 0 aliphatic carbocycles. The summed E-state index contributed by atoms with van der Waals surface area (Å²) < 4.78 is 10.2. The van der Waals surface area contributed by atoms with E-state index in [0.29, 0.717) is 19.8 Å². The minimum atomic E-state index is -0.513. The average Bonchev–Trinajstić information content (AvgIpc) is 2.26. The van der Waals surface area contributed by atoms with Crippen LogP contribution in [0.25, 0.3) is 0 Å². The zero-order valence-corrected chi connectivity index (χ0v) is 9.99. The van der Waals surface area contributed by atoms with E-state index in [9.17, 15) is 4.79 Å². The molecule has 0 aliphatic rings. The number of esters is 1. The van der Waals surface area contributed by atoms with E-state index in [0.717, 1.165) is 12.8 Å². The van der Waals surface area contributed by atoms with Crippen LogP contribution in [0.3, 0.4) is 0 Å². The zero-order valence-electron chi connectivity index (χ0n) is 9.99. The van der Waals surface area contributed by atoms with Gasteiger partial charge in [0, 0.05) is 6.61 Å².